The number of benzene rings is 2. The molecule has 354 valence electrons. The third-order valence-electron chi connectivity index (χ3n) is 15.2. The highest BCUT2D eigenvalue weighted by molar-refractivity contribution is 7.91. The van der Waals surface area contributed by atoms with Crippen LogP contribution in [0.5, 0.6) is 5.75 Å². The third-order valence-corrected chi connectivity index (χ3v) is 19.1. The summed E-state index contributed by atoms with van der Waals surface area (Å²) in [5.74, 6) is 0.146. The van der Waals surface area contributed by atoms with Crippen LogP contribution in [-0.4, -0.2) is 139 Å². The van der Waals surface area contributed by atoms with E-state index >= 15 is 0 Å². The molecule has 0 spiro atoms. The van der Waals surface area contributed by atoms with Gasteiger partial charge in [-0.25, -0.2) is 21.6 Å². The largest absolute Gasteiger partial charge is 0.491 e. The molecule has 2 bridgehead atoms. The Kier molecular flexibility index (Phi) is 14.9. The number of sulfonamides is 1. The lowest BCUT2D eigenvalue weighted by atomic mass is 9.63. The van der Waals surface area contributed by atoms with Crippen molar-refractivity contribution in [3.63, 3.8) is 0 Å². The fraction of sp³-hybridized carbons (Fsp3) is 0.592. The number of nitrogens with one attached hydrogen (secondary N) is 1. The molecule has 2 aromatic rings. The zero-order valence-corrected chi connectivity index (χ0v) is 40.4. The molecule has 2 saturated heterocycles. The lowest BCUT2D eigenvalue weighted by Crippen LogP contribution is -2.65. The van der Waals surface area contributed by atoms with Crippen LogP contribution in [0.15, 0.2) is 88.8 Å². The number of anilines is 1. The summed E-state index contributed by atoms with van der Waals surface area (Å²) >= 11 is 6.47. The van der Waals surface area contributed by atoms with Crippen LogP contribution in [-0.2, 0) is 29.4 Å². The number of methoxy groups -OCH3 is 1. The fourth-order valence-electron chi connectivity index (χ4n) is 10.8. The molecule has 8 atom stereocenters. The Bertz CT molecular complexity index is 2360. The minimum Gasteiger partial charge on any atom is -0.491 e. The summed E-state index contributed by atoms with van der Waals surface area (Å²) in [6, 6.07) is 13.7. The second-order valence-electron chi connectivity index (χ2n) is 19.2. The van der Waals surface area contributed by atoms with Crippen molar-refractivity contribution in [2.24, 2.45) is 29.6 Å². The van der Waals surface area contributed by atoms with Crippen LogP contribution in [0.1, 0.15) is 69.2 Å². The van der Waals surface area contributed by atoms with Gasteiger partial charge in [0, 0.05) is 95.0 Å². The Balaban J connectivity index is 1.04. The number of halogens is 1. The number of hydrogen-bond donors (Lipinski definition) is 1. The molecule has 65 heavy (non-hydrogen) atoms. The first-order valence-electron chi connectivity index (χ1n) is 23.5. The molecule has 2 amide bonds. The van der Waals surface area contributed by atoms with E-state index in [1.54, 1.807) is 56.5 Å². The van der Waals surface area contributed by atoms with E-state index in [9.17, 15) is 26.4 Å². The average molecular weight is 953 g/mol. The number of carbonyl (C=O) groups excluding carboxylic acids is 2. The molecule has 2 aromatic carbocycles. The Morgan fingerprint density at radius 1 is 0.969 bits per heavy atom. The smallest absolute Gasteiger partial charge is 0.264 e. The number of allylic oxidation sites excluding steroid dienone is 4. The van der Waals surface area contributed by atoms with Gasteiger partial charge in [0.15, 0.2) is 9.84 Å². The minimum absolute atomic E-state index is 0.0570. The van der Waals surface area contributed by atoms with Gasteiger partial charge in [-0.15, -0.1) is 0 Å². The maximum Gasteiger partial charge on any atom is 0.264 e. The lowest BCUT2D eigenvalue weighted by Gasteiger charge is -2.53. The number of sulfone groups is 1. The molecule has 8 rings (SSSR count). The van der Waals surface area contributed by atoms with E-state index in [-0.39, 0.29) is 64.2 Å². The Morgan fingerprint density at radius 2 is 1.77 bits per heavy atom. The van der Waals surface area contributed by atoms with Crippen LogP contribution in [0, 0.1) is 29.6 Å². The predicted molar refractivity (Wildman–Crippen MR) is 254 cm³/mol. The third kappa shape index (κ3) is 10.9. The molecule has 2 unspecified atom stereocenters. The van der Waals surface area contributed by atoms with Gasteiger partial charge in [0.2, 0.25) is 15.9 Å². The number of carbonyl (C=O) groups is 2. The quantitative estimate of drug-likeness (QED) is 0.320. The Morgan fingerprint density at radius 3 is 2.54 bits per heavy atom. The van der Waals surface area contributed by atoms with Crippen LogP contribution < -0.4 is 14.4 Å². The molecule has 6 aliphatic rings. The molecule has 1 saturated carbocycles. The van der Waals surface area contributed by atoms with Crippen molar-refractivity contribution in [1.82, 2.24) is 19.4 Å². The molecule has 0 radical (unpaired) electrons. The van der Waals surface area contributed by atoms with Gasteiger partial charge < -0.3 is 19.3 Å². The van der Waals surface area contributed by atoms with E-state index in [1.165, 1.54) is 0 Å². The molecular weight excluding hydrogens is 886 g/mol. The molecule has 1 N–H and O–H groups in total. The first kappa shape index (κ1) is 47.8. The van der Waals surface area contributed by atoms with E-state index in [0.29, 0.717) is 45.0 Å². The molecule has 4 aliphatic heterocycles. The fourth-order valence-corrected chi connectivity index (χ4v) is 13.6. The summed E-state index contributed by atoms with van der Waals surface area (Å²) in [7, 11) is -5.81. The number of rotatable bonds is 7. The first-order valence-corrected chi connectivity index (χ1v) is 27.1. The predicted octanol–water partition coefficient (Wildman–Crippen LogP) is 6.13. The monoisotopic (exact) mass is 951 g/mol. The zero-order chi connectivity index (χ0) is 45.9. The number of ether oxygens (including phenoxy) is 2. The summed E-state index contributed by atoms with van der Waals surface area (Å²) in [4.78, 5) is 36.6. The molecule has 2 aliphatic carbocycles. The summed E-state index contributed by atoms with van der Waals surface area (Å²) < 4.78 is 69.3. The van der Waals surface area contributed by atoms with Crippen molar-refractivity contribution in [2.75, 3.05) is 83.3 Å². The number of hydrogen-bond acceptors (Lipinski definition) is 11. The average Bonchev–Trinajstić information content (AvgIpc) is 3.32. The van der Waals surface area contributed by atoms with E-state index in [1.807, 2.05) is 24.0 Å². The number of piperazine rings is 2. The van der Waals surface area contributed by atoms with Gasteiger partial charge in [-0.2, -0.15) is 0 Å². The van der Waals surface area contributed by atoms with Gasteiger partial charge in [0.1, 0.15) is 11.4 Å². The highest BCUT2D eigenvalue weighted by Gasteiger charge is 2.49. The van der Waals surface area contributed by atoms with E-state index in [0.717, 1.165) is 75.5 Å². The number of amides is 2. The Hall–Kier alpha value is -3.73. The second-order valence-corrected chi connectivity index (χ2v) is 23.8. The maximum absolute atomic E-state index is 13.8. The SMILES string of the molecule is CO[C@@]1(CN2CCN3CCN(C(=O)CCS(=O)(=O)c4ccccc4)C[C@@H]3C2)/C=C/C[C@H](C)[C@@H](C)S(=O)(=O)NC(=O)c2ccc3c(c2)N(CCCCC2C=C(Cl)C=CC2CO3)C[C@@H]2CC[C@H]21. The highest BCUT2D eigenvalue weighted by Crippen LogP contribution is 2.47. The minimum atomic E-state index is -4.03. The van der Waals surface area contributed by atoms with Gasteiger partial charge in [-0.3, -0.25) is 19.4 Å². The van der Waals surface area contributed by atoms with Gasteiger partial charge in [-0.05, 0) is 99.1 Å². The van der Waals surface area contributed by atoms with Crippen LogP contribution in [0.3, 0.4) is 0 Å². The van der Waals surface area contributed by atoms with Crippen LogP contribution >= 0.6 is 11.6 Å². The van der Waals surface area contributed by atoms with Crippen LogP contribution in [0.25, 0.3) is 0 Å². The number of fused-ring (bicyclic) bond motifs is 4. The van der Waals surface area contributed by atoms with Crippen LogP contribution in [0.2, 0.25) is 0 Å². The van der Waals surface area contributed by atoms with Gasteiger partial charge in [0.25, 0.3) is 5.91 Å². The number of nitrogens with zero attached hydrogens (tertiary/aromatic N) is 4. The van der Waals surface area contributed by atoms with Crippen molar-refractivity contribution in [3.8, 4) is 5.75 Å². The molecule has 16 heteroatoms. The first-order chi connectivity index (χ1) is 31.1. The Labute approximate surface area is 391 Å². The molecule has 4 heterocycles. The second kappa shape index (κ2) is 20.2. The molecular formula is C49H66ClN5O8S2. The summed E-state index contributed by atoms with van der Waals surface area (Å²) in [6.07, 6.45) is 15.7. The van der Waals surface area contributed by atoms with Crippen LogP contribution in [0.4, 0.5) is 5.69 Å². The van der Waals surface area contributed by atoms with Crippen molar-refractivity contribution in [2.45, 2.75) is 80.6 Å². The highest BCUT2D eigenvalue weighted by atomic mass is 35.5. The van der Waals surface area contributed by atoms with Gasteiger partial charge in [-0.1, -0.05) is 67.4 Å². The van der Waals surface area contributed by atoms with Crippen molar-refractivity contribution < 1.29 is 35.9 Å². The van der Waals surface area contributed by atoms with E-state index < -0.39 is 36.6 Å². The van der Waals surface area contributed by atoms with Gasteiger partial charge in [0.05, 0.1) is 28.2 Å². The topological polar surface area (TPSA) is 146 Å². The van der Waals surface area contributed by atoms with Crippen molar-refractivity contribution in [3.05, 3.63) is 89.5 Å². The van der Waals surface area contributed by atoms with Crippen molar-refractivity contribution in [1.29, 1.82) is 0 Å². The summed E-state index contributed by atoms with van der Waals surface area (Å²) in [5, 5.41) is -0.101. The van der Waals surface area contributed by atoms with Gasteiger partial charge >= 0.3 is 0 Å². The molecule has 13 nitrogen and oxygen atoms in total. The van der Waals surface area contributed by atoms with E-state index in [2.05, 4.69) is 43.7 Å². The summed E-state index contributed by atoms with van der Waals surface area (Å²) in [5.41, 5.74) is 0.366. The molecule has 3 fully saturated rings. The maximum atomic E-state index is 13.8. The normalized spacial score (nSPS) is 31.9. The molecule has 0 aromatic heterocycles. The lowest BCUT2D eigenvalue weighted by molar-refractivity contribution is -0.136. The summed E-state index contributed by atoms with van der Waals surface area (Å²) in [6.45, 7) is 10.3. The standard InChI is InChI=1S/C49H66ClN5O8S2/c1-35-10-9-21-49(62-3,34-52-23-24-53-25-26-55(32-42(53)31-52)47(56)20-27-64(58,59)43-12-5-4-6-13-43)44-18-15-39(44)30-54-22-8-7-11-37-28-41(50)17-14-40(37)33-63-46-19-16-38(29-45(46)54)48(57)51-65(60,61)36(35)2/h4-6,9,12-14,16-17,19,21,28-29,35-37,39-40,42,44H,7-8,10-11,15,18,20,22-27,30-34H2,1-3H3,(H,51,57)/b21-9+/t35-,36+,37?,39-,40?,42-,44+,49+/m0/s1. The zero-order valence-electron chi connectivity index (χ0n) is 38.0. The van der Waals surface area contributed by atoms with Crippen molar-refractivity contribution >= 4 is 49.0 Å². The van der Waals surface area contributed by atoms with E-state index in [4.69, 9.17) is 21.1 Å².